The first-order valence-electron chi connectivity index (χ1n) is 7.37. The van der Waals surface area contributed by atoms with Crippen LogP contribution in [0.1, 0.15) is 4.79 Å². The highest BCUT2D eigenvalue weighted by Gasteiger charge is 2.16. The Balaban J connectivity index is 1.77. The van der Waals surface area contributed by atoms with E-state index in [2.05, 4.69) is 17.1 Å². The molecule has 23 heavy (non-hydrogen) atoms. The minimum Gasteiger partial charge on any atom is -0.329 e. The topological polar surface area (TPSA) is 39.8 Å². The molecular formula is C18H15N3OS. The third-order valence-corrected chi connectivity index (χ3v) is 4.97. The van der Waals surface area contributed by atoms with Gasteiger partial charge in [-0.05, 0) is 12.1 Å². The highest BCUT2D eigenvalue weighted by Crippen LogP contribution is 2.29. The smallest absolute Gasteiger partial charge is 0.242 e. The molecule has 0 spiro atoms. The number of benzene rings is 2. The molecule has 0 aliphatic rings. The van der Waals surface area contributed by atoms with E-state index in [0.29, 0.717) is 5.75 Å². The van der Waals surface area contributed by atoms with Gasteiger partial charge in [-0.15, -0.1) is 0 Å². The molecule has 0 saturated heterocycles. The van der Waals surface area contributed by atoms with Gasteiger partial charge in [-0.25, -0.2) is 4.98 Å². The molecule has 2 aromatic heterocycles. The van der Waals surface area contributed by atoms with Crippen molar-refractivity contribution in [1.82, 2.24) is 14.1 Å². The summed E-state index contributed by atoms with van der Waals surface area (Å²) in [4.78, 5) is 17.1. The number of imidazole rings is 1. The first-order valence-corrected chi connectivity index (χ1v) is 8.36. The molecule has 0 N–H and O–H groups in total. The first kappa shape index (κ1) is 14.1. The lowest BCUT2D eigenvalue weighted by atomic mass is 10.2. The Morgan fingerprint density at radius 1 is 1.04 bits per heavy atom. The van der Waals surface area contributed by atoms with E-state index in [4.69, 9.17) is 0 Å². The van der Waals surface area contributed by atoms with Gasteiger partial charge in [0.15, 0.2) is 5.16 Å². The number of carbonyl (C=O) groups excluding carboxylic acids is 1. The van der Waals surface area contributed by atoms with Crippen LogP contribution in [0.4, 0.5) is 0 Å². The van der Waals surface area contributed by atoms with Gasteiger partial charge in [0, 0.05) is 30.2 Å². The van der Waals surface area contributed by atoms with Crippen molar-refractivity contribution in [3.63, 3.8) is 0 Å². The molecule has 0 atom stereocenters. The van der Waals surface area contributed by atoms with Crippen molar-refractivity contribution in [3.05, 3.63) is 60.9 Å². The molecule has 0 bridgehead atoms. The summed E-state index contributed by atoms with van der Waals surface area (Å²) in [7, 11) is 1.93. The summed E-state index contributed by atoms with van der Waals surface area (Å²) in [6.45, 7) is 0. The van der Waals surface area contributed by atoms with Crippen molar-refractivity contribution in [1.29, 1.82) is 0 Å². The predicted octanol–water partition coefficient (Wildman–Crippen LogP) is 3.96. The van der Waals surface area contributed by atoms with E-state index < -0.39 is 0 Å². The van der Waals surface area contributed by atoms with Crippen molar-refractivity contribution < 1.29 is 4.79 Å². The summed E-state index contributed by atoms with van der Waals surface area (Å²) in [5, 5.41) is 3.07. The molecule has 4 nitrogen and oxygen atoms in total. The Labute approximate surface area is 137 Å². The van der Waals surface area contributed by atoms with Gasteiger partial charge in [-0.2, -0.15) is 0 Å². The maximum Gasteiger partial charge on any atom is 0.242 e. The number of aryl methyl sites for hydroxylation is 1. The minimum absolute atomic E-state index is 0.0652. The van der Waals surface area contributed by atoms with Gasteiger partial charge < -0.3 is 4.57 Å². The van der Waals surface area contributed by atoms with Crippen LogP contribution in [0.2, 0.25) is 0 Å². The summed E-state index contributed by atoms with van der Waals surface area (Å²) in [5.74, 6) is 0.420. The molecule has 4 aromatic rings. The van der Waals surface area contributed by atoms with Gasteiger partial charge in [-0.3, -0.25) is 9.36 Å². The molecule has 0 unspecified atom stereocenters. The molecule has 114 valence electrons. The molecule has 0 radical (unpaired) electrons. The van der Waals surface area contributed by atoms with Crippen molar-refractivity contribution in [2.75, 3.05) is 5.75 Å². The van der Waals surface area contributed by atoms with Crippen molar-refractivity contribution in [2.24, 2.45) is 7.05 Å². The maximum absolute atomic E-state index is 12.8. The number of aromatic nitrogens is 3. The summed E-state index contributed by atoms with van der Waals surface area (Å²) < 4.78 is 3.74. The van der Waals surface area contributed by atoms with E-state index in [1.54, 1.807) is 6.20 Å². The van der Waals surface area contributed by atoms with E-state index >= 15 is 0 Å². The van der Waals surface area contributed by atoms with Crippen molar-refractivity contribution >= 4 is 39.5 Å². The Kier molecular flexibility index (Phi) is 3.42. The van der Waals surface area contributed by atoms with E-state index in [0.717, 1.165) is 27.0 Å². The Morgan fingerprint density at radius 2 is 1.65 bits per heavy atom. The Morgan fingerprint density at radius 3 is 2.22 bits per heavy atom. The average molecular weight is 321 g/mol. The standard InChI is InChI=1S/C18H15N3OS/c1-20-11-10-19-18(20)23-12-17(22)21-15-8-4-2-6-13(15)14-7-3-5-9-16(14)21/h2-11H,12H2,1H3. The molecule has 0 aliphatic carbocycles. The molecule has 5 heteroatoms. The SMILES string of the molecule is Cn1ccnc1SCC(=O)n1c2ccccc2c2ccccc21. The van der Waals surface area contributed by atoms with Crippen LogP contribution in [0, 0.1) is 0 Å². The van der Waals surface area contributed by atoms with E-state index in [9.17, 15) is 4.79 Å². The van der Waals surface area contributed by atoms with Gasteiger partial charge in [0.25, 0.3) is 0 Å². The number of carbonyl (C=O) groups is 1. The van der Waals surface area contributed by atoms with Crippen LogP contribution < -0.4 is 0 Å². The zero-order valence-corrected chi connectivity index (χ0v) is 13.5. The fraction of sp³-hybridized carbons (Fsp3) is 0.111. The van der Waals surface area contributed by atoms with E-state index in [-0.39, 0.29) is 5.91 Å². The zero-order chi connectivity index (χ0) is 15.8. The number of nitrogens with zero attached hydrogens (tertiary/aromatic N) is 3. The van der Waals surface area contributed by atoms with Crippen molar-refractivity contribution in [3.8, 4) is 0 Å². The summed E-state index contributed by atoms with van der Waals surface area (Å²) in [6, 6.07) is 16.1. The third-order valence-electron chi connectivity index (χ3n) is 3.93. The number of fused-ring (bicyclic) bond motifs is 3. The lowest BCUT2D eigenvalue weighted by Gasteiger charge is -2.06. The van der Waals surface area contributed by atoms with Crippen LogP contribution in [0.5, 0.6) is 0 Å². The second-order valence-corrected chi connectivity index (χ2v) is 6.32. The average Bonchev–Trinajstić information content (AvgIpc) is 3.14. The lowest BCUT2D eigenvalue weighted by Crippen LogP contribution is -2.13. The van der Waals surface area contributed by atoms with Gasteiger partial charge >= 0.3 is 0 Å². The fourth-order valence-corrected chi connectivity index (χ4v) is 3.65. The normalized spacial score (nSPS) is 11.3. The van der Waals surface area contributed by atoms with Gasteiger partial charge in [0.2, 0.25) is 5.91 Å². The molecule has 0 aliphatic heterocycles. The van der Waals surface area contributed by atoms with Crippen LogP contribution in [-0.4, -0.2) is 25.8 Å². The highest BCUT2D eigenvalue weighted by atomic mass is 32.2. The molecular weight excluding hydrogens is 306 g/mol. The second kappa shape index (κ2) is 5.59. The van der Waals surface area contributed by atoms with Gasteiger partial charge in [0.05, 0.1) is 16.8 Å². The van der Waals surface area contributed by atoms with Crippen LogP contribution in [-0.2, 0) is 7.05 Å². The Hall–Kier alpha value is -2.53. The Bertz CT molecular complexity index is 962. The molecule has 0 saturated carbocycles. The van der Waals surface area contributed by atoms with E-state index in [1.807, 2.05) is 58.8 Å². The summed E-state index contributed by atoms with van der Waals surface area (Å²) >= 11 is 1.46. The third kappa shape index (κ3) is 2.33. The summed E-state index contributed by atoms with van der Waals surface area (Å²) in [6.07, 6.45) is 3.63. The monoisotopic (exact) mass is 321 g/mol. The highest BCUT2D eigenvalue weighted by molar-refractivity contribution is 7.99. The maximum atomic E-state index is 12.8. The quantitative estimate of drug-likeness (QED) is 0.536. The van der Waals surface area contributed by atoms with Gasteiger partial charge in [-0.1, -0.05) is 48.2 Å². The molecule has 4 rings (SSSR count). The van der Waals surface area contributed by atoms with Crippen LogP contribution in [0.3, 0.4) is 0 Å². The van der Waals surface area contributed by atoms with Crippen LogP contribution >= 0.6 is 11.8 Å². The molecule has 0 fully saturated rings. The van der Waals surface area contributed by atoms with E-state index in [1.165, 1.54) is 11.8 Å². The fourth-order valence-electron chi connectivity index (χ4n) is 2.87. The lowest BCUT2D eigenvalue weighted by molar-refractivity contribution is 0.0951. The summed E-state index contributed by atoms with van der Waals surface area (Å²) in [5.41, 5.74) is 1.92. The van der Waals surface area contributed by atoms with Crippen LogP contribution in [0.25, 0.3) is 21.8 Å². The number of thioether (sulfide) groups is 1. The predicted molar refractivity (Wildman–Crippen MR) is 94.0 cm³/mol. The zero-order valence-electron chi connectivity index (χ0n) is 12.6. The number of hydrogen-bond donors (Lipinski definition) is 0. The molecule has 2 heterocycles. The first-order chi connectivity index (χ1) is 11.3. The van der Waals surface area contributed by atoms with Crippen LogP contribution in [0.15, 0.2) is 66.1 Å². The molecule has 0 amide bonds. The largest absolute Gasteiger partial charge is 0.329 e. The minimum atomic E-state index is 0.0652. The van der Waals surface area contributed by atoms with Crippen molar-refractivity contribution in [2.45, 2.75) is 5.16 Å². The van der Waals surface area contributed by atoms with Gasteiger partial charge in [0.1, 0.15) is 0 Å². The number of para-hydroxylation sites is 2. The second-order valence-electron chi connectivity index (χ2n) is 5.37. The molecule has 2 aromatic carbocycles. The number of rotatable bonds is 3. The number of hydrogen-bond acceptors (Lipinski definition) is 3.